The molecule has 0 spiro atoms. The number of likely N-dealkylation sites (N-methyl/N-ethyl adjacent to an activating group) is 1. The summed E-state index contributed by atoms with van der Waals surface area (Å²) in [4.78, 5) is 2.15. The molecular weight excluding hydrogens is 271 g/mol. The Bertz CT molecular complexity index is 450. The van der Waals surface area contributed by atoms with Gasteiger partial charge in [-0.3, -0.25) is 4.90 Å². The van der Waals surface area contributed by atoms with Gasteiger partial charge in [-0.15, -0.1) is 0 Å². The molecule has 1 aliphatic heterocycles. The summed E-state index contributed by atoms with van der Waals surface area (Å²) in [6.07, 6.45) is 3.69. The topological polar surface area (TPSA) is 47.7 Å². The minimum atomic E-state index is -0.351. The molecule has 2 unspecified atom stereocenters. The standard InChI is InChI=1S/C16H25FN2O2/c1-19(11-13-5-3-4-8-21-13)15(10-18)12-6-7-16(20-2)14(17)9-12/h6-7,9,13,15H,3-5,8,10-11,18H2,1-2H3. The first-order valence-corrected chi connectivity index (χ1v) is 7.51. The van der Waals surface area contributed by atoms with E-state index in [9.17, 15) is 4.39 Å². The summed E-state index contributed by atoms with van der Waals surface area (Å²) >= 11 is 0. The number of nitrogens with two attached hydrogens (primary N) is 1. The number of rotatable bonds is 6. The first-order valence-electron chi connectivity index (χ1n) is 7.51. The van der Waals surface area contributed by atoms with Gasteiger partial charge in [0.05, 0.1) is 13.2 Å². The number of nitrogens with zero attached hydrogens (tertiary/aromatic N) is 1. The third-order valence-electron chi connectivity index (χ3n) is 4.08. The summed E-state index contributed by atoms with van der Waals surface area (Å²) in [7, 11) is 3.47. The highest BCUT2D eigenvalue weighted by atomic mass is 19.1. The number of hydrogen-bond acceptors (Lipinski definition) is 4. The summed E-state index contributed by atoms with van der Waals surface area (Å²) in [5.41, 5.74) is 6.76. The van der Waals surface area contributed by atoms with E-state index >= 15 is 0 Å². The molecule has 0 aliphatic carbocycles. The van der Waals surface area contributed by atoms with Crippen molar-refractivity contribution in [3.8, 4) is 5.75 Å². The van der Waals surface area contributed by atoms with Crippen molar-refractivity contribution in [2.75, 3.05) is 33.9 Å². The van der Waals surface area contributed by atoms with Crippen LogP contribution in [-0.4, -0.2) is 44.9 Å². The van der Waals surface area contributed by atoms with Crippen LogP contribution in [0.1, 0.15) is 30.9 Å². The van der Waals surface area contributed by atoms with E-state index < -0.39 is 0 Å². The summed E-state index contributed by atoms with van der Waals surface area (Å²) in [6.45, 7) is 2.09. The molecule has 2 rings (SSSR count). The number of halogens is 1. The molecule has 118 valence electrons. The molecule has 0 bridgehead atoms. The molecule has 1 aromatic rings. The van der Waals surface area contributed by atoms with Gasteiger partial charge in [0.15, 0.2) is 11.6 Å². The summed E-state index contributed by atoms with van der Waals surface area (Å²) in [5, 5.41) is 0. The van der Waals surface area contributed by atoms with E-state index in [-0.39, 0.29) is 23.7 Å². The molecule has 2 atom stereocenters. The third-order valence-corrected chi connectivity index (χ3v) is 4.08. The average molecular weight is 296 g/mol. The lowest BCUT2D eigenvalue weighted by molar-refractivity contribution is -0.00779. The van der Waals surface area contributed by atoms with Gasteiger partial charge in [-0.25, -0.2) is 4.39 Å². The van der Waals surface area contributed by atoms with E-state index in [1.54, 1.807) is 6.07 Å². The van der Waals surface area contributed by atoms with Crippen LogP contribution < -0.4 is 10.5 Å². The normalized spacial score (nSPS) is 20.5. The lowest BCUT2D eigenvalue weighted by Gasteiger charge is -2.32. The Morgan fingerprint density at radius 3 is 2.86 bits per heavy atom. The minimum Gasteiger partial charge on any atom is -0.494 e. The Hall–Kier alpha value is -1.17. The SMILES string of the molecule is COc1ccc(C(CN)N(C)CC2CCCCO2)cc1F. The molecule has 1 aromatic carbocycles. The zero-order valence-corrected chi connectivity index (χ0v) is 12.8. The maximum atomic E-state index is 13.9. The van der Waals surface area contributed by atoms with E-state index in [0.717, 1.165) is 31.6 Å². The Balaban J connectivity index is 2.05. The van der Waals surface area contributed by atoms with Crippen molar-refractivity contribution in [3.05, 3.63) is 29.6 Å². The van der Waals surface area contributed by atoms with Gasteiger partial charge in [0.1, 0.15) is 0 Å². The largest absolute Gasteiger partial charge is 0.494 e. The molecule has 1 aliphatic rings. The predicted molar refractivity (Wildman–Crippen MR) is 81.0 cm³/mol. The Labute approximate surface area is 126 Å². The maximum absolute atomic E-state index is 13.9. The van der Waals surface area contributed by atoms with Gasteiger partial charge in [0.25, 0.3) is 0 Å². The molecule has 4 nitrogen and oxygen atoms in total. The highest BCUT2D eigenvalue weighted by molar-refractivity contribution is 5.31. The van der Waals surface area contributed by atoms with Crippen molar-refractivity contribution in [3.63, 3.8) is 0 Å². The second-order valence-electron chi connectivity index (χ2n) is 5.57. The molecule has 21 heavy (non-hydrogen) atoms. The first-order chi connectivity index (χ1) is 10.2. The Morgan fingerprint density at radius 2 is 2.29 bits per heavy atom. The second-order valence-corrected chi connectivity index (χ2v) is 5.57. The minimum absolute atomic E-state index is 0.0177. The number of benzene rings is 1. The van der Waals surface area contributed by atoms with Gasteiger partial charge in [-0.05, 0) is 44.0 Å². The zero-order chi connectivity index (χ0) is 15.2. The van der Waals surface area contributed by atoms with Gasteiger partial charge >= 0.3 is 0 Å². The van der Waals surface area contributed by atoms with Crippen molar-refractivity contribution in [2.45, 2.75) is 31.4 Å². The van der Waals surface area contributed by atoms with Crippen LogP contribution in [0.5, 0.6) is 5.75 Å². The van der Waals surface area contributed by atoms with Crippen molar-refractivity contribution in [1.29, 1.82) is 0 Å². The summed E-state index contributed by atoms with van der Waals surface area (Å²) < 4.78 is 24.6. The van der Waals surface area contributed by atoms with Crippen LogP contribution in [0.25, 0.3) is 0 Å². The summed E-state index contributed by atoms with van der Waals surface area (Å²) in [5.74, 6) is -0.0939. The number of methoxy groups -OCH3 is 1. The van der Waals surface area contributed by atoms with Crippen molar-refractivity contribution in [1.82, 2.24) is 4.90 Å². The van der Waals surface area contributed by atoms with Crippen LogP contribution >= 0.6 is 0 Å². The number of hydrogen-bond donors (Lipinski definition) is 1. The van der Waals surface area contributed by atoms with Gasteiger partial charge in [0, 0.05) is 25.7 Å². The van der Waals surface area contributed by atoms with Crippen molar-refractivity contribution < 1.29 is 13.9 Å². The highest BCUT2D eigenvalue weighted by Gasteiger charge is 2.22. The predicted octanol–water partition coefficient (Wildman–Crippen LogP) is 2.33. The fourth-order valence-corrected chi connectivity index (χ4v) is 2.86. The molecule has 1 heterocycles. The van der Waals surface area contributed by atoms with Crippen molar-refractivity contribution in [2.24, 2.45) is 5.73 Å². The molecule has 1 saturated heterocycles. The molecule has 5 heteroatoms. The van der Waals surface area contributed by atoms with Gasteiger partial charge in [0.2, 0.25) is 0 Å². The Morgan fingerprint density at radius 1 is 1.48 bits per heavy atom. The third kappa shape index (κ3) is 4.15. The fourth-order valence-electron chi connectivity index (χ4n) is 2.86. The highest BCUT2D eigenvalue weighted by Crippen LogP contribution is 2.25. The molecule has 0 amide bonds. The van der Waals surface area contributed by atoms with E-state index in [1.165, 1.54) is 19.6 Å². The van der Waals surface area contributed by atoms with Crippen LogP contribution in [0.3, 0.4) is 0 Å². The molecule has 0 aromatic heterocycles. The molecule has 2 N–H and O–H groups in total. The van der Waals surface area contributed by atoms with Crippen LogP contribution in [-0.2, 0) is 4.74 Å². The first kappa shape index (κ1) is 16.2. The average Bonchev–Trinajstić information content (AvgIpc) is 2.49. The van der Waals surface area contributed by atoms with Crippen LogP contribution in [0.15, 0.2) is 18.2 Å². The van der Waals surface area contributed by atoms with Crippen molar-refractivity contribution >= 4 is 0 Å². The fraction of sp³-hybridized carbons (Fsp3) is 0.625. The maximum Gasteiger partial charge on any atom is 0.165 e. The van der Waals surface area contributed by atoms with Crippen LogP contribution in [0, 0.1) is 5.82 Å². The second kappa shape index (κ2) is 7.73. The van der Waals surface area contributed by atoms with E-state index in [2.05, 4.69) is 4.90 Å². The van der Waals surface area contributed by atoms with Crippen LogP contribution in [0.4, 0.5) is 4.39 Å². The number of ether oxygens (including phenoxy) is 2. The molecule has 1 fully saturated rings. The lowest BCUT2D eigenvalue weighted by atomic mass is 10.0. The Kier molecular flexibility index (Phi) is 5.96. The van der Waals surface area contributed by atoms with Gasteiger partial charge in [-0.2, -0.15) is 0 Å². The zero-order valence-electron chi connectivity index (χ0n) is 12.8. The van der Waals surface area contributed by atoms with E-state index in [4.69, 9.17) is 15.2 Å². The molecular formula is C16H25FN2O2. The summed E-state index contributed by atoms with van der Waals surface area (Å²) in [6, 6.07) is 5.01. The lowest BCUT2D eigenvalue weighted by Crippen LogP contribution is -2.38. The molecule has 0 saturated carbocycles. The molecule has 0 radical (unpaired) electrons. The quantitative estimate of drug-likeness (QED) is 0.875. The van der Waals surface area contributed by atoms with Gasteiger partial charge < -0.3 is 15.2 Å². The van der Waals surface area contributed by atoms with Crippen LogP contribution in [0.2, 0.25) is 0 Å². The monoisotopic (exact) mass is 296 g/mol. The van der Waals surface area contributed by atoms with E-state index in [1.807, 2.05) is 13.1 Å². The smallest absolute Gasteiger partial charge is 0.165 e. The van der Waals surface area contributed by atoms with E-state index in [0.29, 0.717) is 6.54 Å². The van der Waals surface area contributed by atoms with Gasteiger partial charge in [-0.1, -0.05) is 6.07 Å².